The summed E-state index contributed by atoms with van der Waals surface area (Å²) in [6.45, 7) is 7.88. The molecule has 1 saturated heterocycles. The van der Waals surface area contributed by atoms with Crippen LogP contribution in [0.2, 0.25) is 0 Å². The minimum atomic E-state index is 0.0502. The fourth-order valence-electron chi connectivity index (χ4n) is 2.45. The highest BCUT2D eigenvalue weighted by Crippen LogP contribution is 2.31. The van der Waals surface area contributed by atoms with Gasteiger partial charge in [0.25, 0.3) is 0 Å². The van der Waals surface area contributed by atoms with Gasteiger partial charge in [0, 0.05) is 23.2 Å². The van der Waals surface area contributed by atoms with Crippen molar-refractivity contribution in [3.8, 4) is 0 Å². The summed E-state index contributed by atoms with van der Waals surface area (Å²) in [7, 11) is 1.98. The van der Waals surface area contributed by atoms with Gasteiger partial charge in [-0.25, -0.2) is 0 Å². The molecule has 0 aromatic heterocycles. The molecule has 0 saturated carbocycles. The molecule has 1 heterocycles. The van der Waals surface area contributed by atoms with Crippen molar-refractivity contribution in [2.75, 3.05) is 31.7 Å². The zero-order chi connectivity index (χ0) is 13.2. The molecular weight excluding hydrogens is 292 g/mol. The minimum Gasteiger partial charge on any atom is -0.377 e. The lowest BCUT2D eigenvalue weighted by atomic mass is 9.99. The number of anilines is 1. The lowest BCUT2D eigenvalue weighted by molar-refractivity contribution is 0.0643. The SMILES string of the molecule is CNCc1cc(Br)ccc1N1CCOCC1(C)C. The van der Waals surface area contributed by atoms with E-state index in [4.69, 9.17) is 4.74 Å². The van der Waals surface area contributed by atoms with Crippen molar-refractivity contribution < 1.29 is 4.74 Å². The van der Waals surface area contributed by atoms with Crippen LogP contribution in [0.15, 0.2) is 22.7 Å². The second-order valence-electron chi connectivity index (χ2n) is 5.32. The highest BCUT2D eigenvalue weighted by Gasteiger charge is 2.31. The molecule has 100 valence electrons. The molecular formula is C14H21BrN2O. The molecule has 0 bridgehead atoms. The Morgan fingerprint density at radius 2 is 2.22 bits per heavy atom. The third-order valence-electron chi connectivity index (χ3n) is 3.34. The monoisotopic (exact) mass is 312 g/mol. The van der Waals surface area contributed by atoms with Crippen LogP contribution in [-0.2, 0) is 11.3 Å². The number of hydrogen-bond acceptors (Lipinski definition) is 3. The van der Waals surface area contributed by atoms with Gasteiger partial charge in [0.05, 0.1) is 18.8 Å². The molecule has 1 fully saturated rings. The fraction of sp³-hybridized carbons (Fsp3) is 0.571. The van der Waals surface area contributed by atoms with Crippen molar-refractivity contribution >= 4 is 21.6 Å². The minimum absolute atomic E-state index is 0.0502. The average Bonchev–Trinajstić information content (AvgIpc) is 2.30. The van der Waals surface area contributed by atoms with Crippen LogP contribution in [0.3, 0.4) is 0 Å². The van der Waals surface area contributed by atoms with E-state index in [-0.39, 0.29) is 5.54 Å². The molecule has 0 radical (unpaired) electrons. The van der Waals surface area contributed by atoms with Crippen LogP contribution >= 0.6 is 15.9 Å². The van der Waals surface area contributed by atoms with E-state index >= 15 is 0 Å². The first-order valence-electron chi connectivity index (χ1n) is 6.33. The van der Waals surface area contributed by atoms with Gasteiger partial charge in [-0.3, -0.25) is 0 Å². The molecule has 0 atom stereocenters. The summed E-state index contributed by atoms with van der Waals surface area (Å²) < 4.78 is 6.72. The van der Waals surface area contributed by atoms with Crippen LogP contribution < -0.4 is 10.2 Å². The number of ether oxygens (including phenoxy) is 1. The smallest absolute Gasteiger partial charge is 0.0694 e. The molecule has 1 N–H and O–H groups in total. The molecule has 1 aliphatic heterocycles. The van der Waals surface area contributed by atoms with Gasteiger partial charge in [-0.2, -0.15) is 0 Å². The number of rotatable bonds is 3. The Bertz CT molecular complexity index is 420. The first kappa shape index (κ1) is 13.8. The van der Waals surface area contributed by atoms with Gasteiger partial charge in [-0.05, 0) is 44.7 Å². The molecule has 0 spiro atoms. The highest BCUT2D eigenvalue weighted by molar-refractivity contribution is 9.10. The standard InChI is InChI=1S/C14H21BrN2O/c1-14(2)10-18-7-6-17(14)13-5-4-12(15)8-11(13)9-16-3/h4-5,8,16H,6-7,9-10H2,1-3H3. The number of benzene rings is 1. The molecule has 2 rings (SSSR count). The summed E-state index contributed by atoms with van der Waals surface area (Å²) in [5.41, 5.74) is 2.68. The Kier molecular flexibility index (Phi) is 4.30. The van der Waals surface area contributed by atoms with E-state index in [0.717, 1.165) is 30.8 Å². The van der Waals surface area contributed by atoms with Gasteiger partial charge < -0.3 is 15.0 Å². The summed E-state index contributed by atoms with van der Waals surface area (Å²) in [6, 6.07) is 6.50. The molecule has 0 unspecified atom stereocenters. The van der Waals surface area contributed by atoms with E-state index < -0.39 is 0 Å². The van der Waals surface area contributed by atoms with Gasteiger partial charge in [0.1, 0.15) is 0 Å². The van der Waals surface area contributed by atoms with Crippen LogP contribution in [-0.4, -0.2) is 32.3 Å². The second-order valence-corrected chi connectivity index (χ2v) is 6.24. The Hall–Kier alpha value is -0.580. The summed E-state index contributed by atoms with van der Waals surface area (Å²) in [5, 5.41) is 3.24. The Labute approximate surface area is 118 Å². The summed E-state index contributed by atoms with van der Waals surface area (Å²) in [5.74, 6) is 0. The molecule has 3 nitrogen and oxygen atoms in total. The molecule has 0 aliphatic carbocycles. The molecule has 1 aromatic rings. The van der Waals surface area contributed by atoms with Gasteiger partial charge in [0.15, 0.2) is 0 Å². The van der Waals surface area contributed by atoms with Crippen LogP contribution in [0.5, 0.6) is 0 Å². The molecule has 1 aliphatic rings. The van der Waals surface area contributed by atoms with Crippen LogP contribution in [0.25, 0.3) is 0 Å². The van der Waals surface area contributed by atoms with E-state index in [0.29, 0.717) is 0 Å². The third-order valence-corrected chi connectivity index (χ3v) is 3.84. The Balaban J connectivity index is 2.36. The topological polar surface area (TPSA) is 24.5 Å². The van der Waals surface area contributed by atoms with Gasteiger partial charge in [0.2, 0.25) is 0 Å². The number of nitrogens with zero attached hydrogens (tertiary/aromatic N) is 1. The molecule has 18 heavy (non-hydrogen) atoms. The predicted molar refractivity (Wildman–Crippen MR) is 79.1 cm³/mol. The van der Waals surface area contributed by atoms with Crippen molar-refractivity contribution in [2.24, 2.45) is 0 Å². The van der Waals surface area contributed by atoms with Gasteiger partial charge >= 0.3 is 0 Å². The van der Waals surface area contributed by atoms with Gasteiger partial charge in [-0.15, -0.1) is 0 Å². The van der Waals surface area contributed by atoms with Crippen molar-refractivity contribution in [3.63, 3.8) is 0 Å². The summed E-state index contributed by atoms with van der Waals surface area (Å²) in [6.07, 6.45) is 0. The van der Waals surface area contributed by atoms with E-state index in [1.807, 2.05) is 7.05 Å². The normalized spacial score (nSPS) is 19.0. The lowest BCUT2D eigenvalue weighted by Gasteiger charge is -2.44. The maximum atomic E-state index is 5.59. The number of halogens is 1. The number of hydrogen-bond donors (Lipinski definition) is 1. The molecule has 0 amide bonds. The van der Waals surface area contributed by atoms with E-state index in [2.05, 4.69) is 58.2 Å². The maximum Gasteiger partial charge on any atom is 0.0694 e. The fourth-order valence-corrected chi connectivity index (χ4v) is 2.86. The largest absolute Gasteiger partial charge is 0.377 e. The van der Waals surface area contributed by atoms with Crippen molar-refractivity contribution in [3.05, 3.63) is 28.2 Å². The maximum absolute atomic E-state index is 5.59. The van der Waals surface area contributed by atoms with Crippen LogP contribution in [0.1, 0.15) is 19.4 Å². The van der Waals surface area contributed by atoms with Crippen molar-refractivity contribution in [1.82, 2.24) is 5.32 Å². The summed E-state index contributed by atoms with van der Waals surface area (Å²) >= 11 is 3.55. The lowest BCUT2D eigenvalue weighted by Crippen LogP contribution is -2.53. The summed E-state index contributed by atoms with van der Waals surface area (Å²) in [4.78, 5) is 2.45. The number of nitrogens with one attached hydrogen (secondary N) is 1. The van der Waals surface area contributed by atoms with E-state index in [9.17, 15) is 0 Å². The predicted octanol–water partition coefficient (Wildman–Crippen LogP) is 2.78. The van der Waals surface area contributed by atoms with Crippen LogP contribution in [0, 0.1) is 0 Å². The van der Waals surface area contributed by atoms with E-state index in [1.165, 1.54) is 11.3 Å². The van der Waals surface area contributed by atoms with E-state index in [1.54, 1.807) is 0 Å². The Morgan fingerprint density at radius 3 is 2.89 bits per heavy atom. The quantitative estimate of drug-likeness (QED) is 0.929. The zero-order valence-corrected chi connectivity index (χ0v) is 12.9. The van der Waals surface area contributed by atoms with Crippen LogP contribution in [0.4, 0.5) is 5.69 Å². The van der Waals surface area contributed by atoms with Crippen molar-refractivity contribution in [1.29, 1.82) is 0 Å². The molecule has 4 heteroatoms. The molecule has 1 aromatic carbocycles. The van der Waals surface area contributed by atoms with Gasteiger partial charge in [-0.1, -0.05) is 15.9 Å². The highest BCUT2D eigenvalue weighted by atomic mass is 79.9. The first-order chi connectivity index (χ1) is 8.54. The Morgan fingerprint density at radius 1 is 1.44 bits per heavy atom. The number of morpholine rings is 1. The average molecular weight is 313 g/mol. The third kappa shape index (κ3) is 2.87. The second kappa shape index (κ2) is 5.59. The first-order valence-corrected chi connectivity index (χ1v) is 7.12. The van der Waals surface area contributed by atoms with Crippen molar-refractivity contribution in [2.45, 2.75) is 25.9 Å². The zero-order valence-electron chi connectivity index (χ0n) is 11.3.